The van der Waals surface area contributed by atoms with Crippen LogP contribution in [-0.2, 0) is 23.7 Å². The van der Waals surface area contributed by atoms with Crippen LogP contribution in [0.3, 0.4) is 0 Å². The number of hydrogen-bond acceptors (Lipinski definition) is 10. The maximum Gasteiger partial charge on any atom is 0.338 e. The normalized spacial score (nSPS) is 19.8. The third-order valence-electron chi connectivity index (χ3n) is 6.75. The first-order valence-corrected chi connectivity index (χ1v) is 13.7. The quantitative estimate of drug-likeness (QED) is 0.209. The molecule has 1 N–H and O–H groups in total. The van der Waals surface area contributed by atoms with Crippen molar-refractivity contribution in [2.45, 2.75) is 30.7 Å². The van der Waals surface area contributed by atoms with E-state index in [-0.39, 0.29) is 22.3 Å². The van der Waals surface area contributed by atoms with Crippen LogP contribution in [0.15, 0.2) is 121 Å². The number of ether oxygens (including phenoxy) is 5. The number of aliphatic hydroxyl groups excluding tert-OH is 1. The first-order valence-electron chi connectivity index (χ1n) is 13.7. The molecule has 5 rings (SSSR count). The largest absolute Gasteiger partial charge is 0.458 e. The van der Waals surface area contributed by atoms with E-state index in [0.717, 1.165) is 0 Å². The third-order valence-corrected chi connectivity index (χ3v) is 6.75. The van der Waals surface area contributed by atoms with E-state index in [1.165, 1.54) is 36.4 Å². The van der Waals surface area contributed by atoms with Gasteiger partial charge in [-0.2, -0.15) is 0 Å². The minimum Gasteiger partial charge on any atom is -0.458 e. The Morgan fingerprint density at radius 1 is 0.568 bits per heavy atom. The average molecular weight is 597 g/mol. The predicted octanol–water partition coefficient (Wildman–Crippen LogP) is 4.24. The van der Waals surface area contributed by atoms with Crippen LogP contribution in [0.1, 0.15) is 41.4 Å². The zero-order valence-electron chi connectivity index (χ0n) is 23.3. The van der Waals surface area contributed by atoms with E-state index < -0.39 is 61.2 Å². The van der Waals surface area contributed by atoms with Gasteiger partial charge in [0.05, 0.1) is 22.3 Å². The molecular formula is C34H28O10. The Hall–Kier alpha value is -5.32. The number of rotatable bonds is 10. The van der Waals surface area contributed by atoms with E-state index >= 15 is 0 Å². The average Bonchev–Trinajstić information content (AvgIpc) is 3.37. The Labute approximate surface area is 252 Å². The minimum absolute atomic E-state index is 0.175. The van der Waals surface area contributed by atoms with Crippen LogP contribution in [0.25, 0.3) is 0 Å². The Morgan fingerprint density at radius 2 is 0.955 bits per heavy atom. The maximum absolute atomic E-state index is 13.2. The van der Waals surface area contributed by atoms with Gasteiger partial charge in [0.25, 0.3) is 0 Å². The Bertz CT molecular complexity index is 1560. The number of aliphatic hydroxyl groups is 1. The molecule has 1 fully saturated rings. The van der Waals surface area contributed by atoms with Gasteiger partial charge in [0.1, 0.15) is 12.7 Å². The summed E-state index contributed by atoms with van der Waals surface area (Å²) in [5.74, 6) is -3.13. The first kappa shape index (κ1) is 30.1. The molecule has 0 amide bonds. The maximum atomic E-state index is 13.2. The third kappa shape index (κ3) is 7.35. The summed E-state index contributed by atoms with van der Waals surface area (Å²) in [5, 5.41) is 10.9. The van der Waals surface area contributed by atoms with Crippen molar-refractivity contribution in [1.82, 2.24) is 0 Å². The van der Waals surface area contributed by atoms with E-state index in [9.17, 15) is 24.3 Å². The lowest BCUT2D eigenvalue weighted by Crippen LogP contribution is -2.47. The molecule has 1 aliphatic rings. The van der Waals surface area contributed by atoms with Gasteiger partial charge in [-0.25, -0.2) is 19.2 Å². The minimum atomic E-state index is -1.79. The summed E-state index contributed by atoms with van der Waals surface area (Å²) in [4.78, 5) is 52.1. The molecule has 0 saturated carbocycles. The van der Waals surface area contributed by atoms with Crippen molar-refractivity contribution < 1.29 is 48.0 Å². The highest BCUT2D eigenvalue weighted by molar-refractivity contribution is 5.91. The standard InChI is InChI=1S/C34H28O10/c35-30(22-13-5-1-6-14-22)40-21-26(41-31(36)23-15-7-2-8-16-23)27-28(43-32(37)24-17-9-3-10-18-24)29(34(39)42-27)44-33(38)25-19-11-4-12-20-25/h1-20,26-29,34,39H,21H2/t26-,27-,28-,29+,34-/m0/s1. The molecule has 44 heavy (non-hydrogen) atoms. The van der Waals surface area contributed by atoms with E-state index in [1.54, 1.807) is 84.9 Å². The van der Waals surface area contributed by atoms with Gasteiger partial charge in [0, 0.05) is 0 Å². The van der Waals surface area contributed by atoms with Crippen molar-refractivity contribution in [3.8, 4) is 0 Å². The van der Waals surface area contributed by atoms with Crippen LogP contribution in [-0.4, -0.2) is 66.3 Å². The summed E-state index contributed by atoms with van der Waals surface area (Å²) < 4.78 is 28.3. The Balaban J connectivity index is 1.45. The lowest BCUT2D eigenvalue weighted by Gasteiger charge is -2.28. The van der Waals surface area contributed by atoms with Gasteiger partial charge in [-0.05, 0) is 48.5 Å². The van der Waals surface area contributed by atoms with Crippen LogP contribution in [0.5, 0.6) is 0 Å². The van der Waals surface area contributed by atoms with Crippen molar-refractivity contribution in [3.05, 3.63) is 144 Å². The van der Waals surface area contributed by atoms with Gasteiger partial charge >= 0.3 is 23.9 Å². The van der Waals surface area contributed by atoms with Crippen molar-refractivity contribution in [1.29, 1.82) is 0 Å². The van der Waals surface area contributed by atoms with Crippen LogP contribution in [0.4, 0.5) is 0 Å². The van der Waals surface area contributed by atoms with E-state index in [2.05, 4.69) is 0 Å². The molecule has 224 valence electrons. The SMILES string of the molecule is O=C(OC[C@H](OC(=O)c1ccccc1)[C@@H]1O[C@H](O)[C@H](OC(=O)c2ccccc2)[C@H]1OC(=O)c1ccccc1)c1ccccc1. The first-order chi connectivity index (χ1) is 21.4. The Kier molecular flexibility index (Phi) is 9.75. The molecule has 0 bridgehead atoms. The second kappa shape index (κ2) is 14.2. The molecule has 4 aromatic rings. The predicted molar refractivity (Wildman–Crippen MR) is 155 cm³/mol. The fourth-order valence-electron chi connectivity index (χ4n) is 4.55. The molecule has 10 heteroatoms. The molecule has 1 heterocycles. The summed E-state index contributed by atoms with van der Waals surface area (Å²) >= 11 is 0. The second-order valence-corrected chi connectivity index (χ2v) is 9.74. The number of carbonyl (C=O) groups is 4. The fraction of sp³-hybridized carbons (Fsp3) is 0.176. The Morgan fingerprint density at radius 3 is 1.41 bits per heavy atom. The highest BCUT2D eigenvalue weighted by Crippen LogP contribution is 2.31. The van der Waals surface area contributed by atoms with E-state index in [4.69, 9.17) is 23.7 Å². The molecule has 0 aliphatic carbocycles. The van der Waals surface area contributed by atoms with Crippen molar-refractivity contribution in [2.75, 3.05) is 6.61 Å². The van der Waals surface area contributed by atoms with E-state index in [0.29, 0.717) is 0 Å². The van der Waals surface area contributed by atoms with Crippen LogP contribution >= 0.6 is 0 Å². The van der Waals surface area contributed by atoms with Crippen molar-refractivity contribution in [3.63, 3.8) is 0 Å². The summed E-state index contributed by atoms with van der Waals surface area (Å²) in [6.07, 6.45) is -7.61. The topological polar surface area (TPSA) is 135 Å². The smallest absolute Gasteiger partial charge is 0.338 e. The molecule has 4 aromatic carbocycles. The number of benzene rings is 4. The van der Waals surface area contributed by atoms with Gasteiger partial charge in [0.2, 0.25) is 0 Å². The molecule has 0 radical (unpaired) electrons. The summed E-state index contributed by atoms with van der Waals surface area (Å²) in [7, 11) is 0. The number of esters is 4. The molecule has 5 atom stereocenters. The lowest BCUT2D eigenvalue weighted by atomic mass is 10.0. The van der Waals surface area contributed by atoms with Crippen LogP contribution in [0, 0.1) is 0 Å². The van der Waals surface area contributed by atoms with Gasteiger partial charge in [0.15, 0.2) is 24.6 Å². The fourth-order valence-corrected chi connectivity index (χ4v) is 4.55. The van der Waals surface area contributed by atoms with Crippen molar-refractivity contribution >= 4 is 23.9 Å². The zero-order chi connectivity index (χ0) is 30.9. The van der Waals surface area contributed by atoms with Gasteiger partial charge in [-0.15, -0.1) is 0 Å². The lowest BCUT2D eigenvalue weighted by molar-refractivity contribution is -0.153. The summed E-state index contributed by atoms with van der Waals surface area (Å²) in [5.41, 5.74) is 0.791. The highest BCUT2D eigenvalue weighted by atomic mass is 16.7. The van der Waals surface area contributed by atoms with Crippen LogP contribution < -0.4 is 0 Å². The summed E-state index contributed by atoms with van der Waals surface area (Å²) in [6, 6.07) is 32.2. The molecule has 0 spiro atoms. The second-order valence-electron chi connectivity index (χ2n) is 9.74. The number of carbonyl (C=O) groups excluding carboxylic acids is 4. The van der Waals surface area contributed by atoms with E-state index in [1.807, 2.05) is 0 Å². The van der Waals surface area contributed by atoms with Gasteiger partial charge in [-0.3, -0.25) is 0 Å². The molecule has 1 aliphatic heterocycles. The monoisotopic (exact) mass is 596 g/mol. The highest BCUT2D eigenvalue weighted by Gasteiger charge is 2.53. The number of hydrogen-bond donors (Lipinski definition) is 1. The zero-order valence-corrected chi connectivity index (χ0v) is 23.3. The molecular weight excluding hydrogens is 568 g/mol. The summed E-state index contributed by atoms with van der Waals surface area (Å²) in [6.45, 7) is -0.539. The van der Waals surface area contributed by atoms with Crippen LogP contribution in [0.2, 0.25) is 0 Å². The van der Waals surface area contributed by atoms with Gasteiger partial charge < -0.3 is 28.8 Å². The molecule has 0 unspecified atom stereocenters. The van der Waals surface area contributed by atoms with Gasteiger partial charge in [-0.1, -0.05) is 72.8 Å². The molecule has 0 aromatic heterocycles. The molecule has 10 nitrogen and oxygen atoms in total. The van der Waals surface area contributed by atoms with Crippen molar-refractivity contribution in [2.24, 2.45) is 0 Å². The molecule has 1 saturated heterocycles.